The first-order valence-electron chi connectivity index (χ1n) is 5.24. The molecule has 0 atom stereocenters. The number of amides is 2. The molecule has 0 bridgehead atoms. The molecular formula is C11H16N2O4S. The Morgan fingerprint density at radius 2 is 2.17 bits per heavy atom. The van der Waals surface area contributed by atoms with Crippen molar-refractivity contribution in [2.45, 2.75) is 19.4 Å². The summed E-state index contributed by atoms with van der Waals surface area (Å²) in [6, 6.07) is 0.991. The van der Waals surface area contributed by atoms with E-state index in [1.807, 2.05) is 13.8 Å². The largest absolute Gasteiger partial charge is 0.478 e. The monoisotopic (exact) mass is 272 g/mol. The van der Waals surface area contributed by atoms with Gasteiger partial charge in [-0.3, -0.25) is 5.32 Å². The molecule has 18 heavy (non-hydrogen) atoms. The summed E-state index contributed by atoms with van der Waals surface area (Å²) in [5.41, 5.74) is -0.445. The second-order valence-electron chi connectivity index (χ2n) is 4.36. The minimum absolute atomic E-state index is 0.0831. The normalized spacial score (nSPS) is 11.1. The predicted molar refractivity (Wildman–Crippen MR) is 69.4 cm³/mol. The highest BCUT2D eigenvalue weighted by atomic mass is 32.1. The molecule has 100 valence electrons. The summed E-state index contributed by atoms with van der Waals surface area (Å²) in [7, 11) is 1.54. The number of carboxylic acids is 1. The van der Waals surface area contributed by atoms with Crippen LogP contribution >= 0.6 is 11.3 Å². The maximum atomic E-state index is 11.7. The second-order valence-corrected chi connectivity index (χ2v) is 5.28. The first kappa shape index (κ1) is 14.5. The van der Waals surface area contributed by atoms with E-state index in [4.69, 9.17) is 9.84 Å². The summed E-state index contributed by atoms with van der Waals surface area (Å²) in [5, 5.41) is 16.0. The van der Waals surface area contributed by atoms with Gasteiger partial charge in [0, 0.05) is 7.11 Å². The second kappa shape index (κ2) is 5.83. The van der Waals surface area contributed by atoms with Crippen LogP contribution in [0.4, 0.5) is 9.80 Å². The van der Waals surface area contributed by atoms with Gasteiger partial charge in [-0.2, -0.15) is 0 Å². The van der Waals surface area contributed by atoms with E-state index < -0.39 is 17.5 Å². The number of carboxylic acid groups (broad SMARTS) is 1. The van der Waals surface area contributed by atoms with Gasteiger partial charge in [-0.15, -0.1) is 11.3 Å². The van der Waals surface area contributed by atoms with Gasteiger partial charge < -0.3 is 15.2 Å². The summed E-state index contributed by atoms with van der Waals surface area (Å²) >= 11 is 1.16. The molecular weight excluding hydrogens is 256 g/mol. The highest BCUT2D eigenvalue weighted by Crippen LogP contribution is 2.23. The van der Waals surface area contributed by atoms with E-state index in [9.17, 15) is 9.59 Å². The number of aromatic carboxylic acids is 1. The fraction of sp³-hybridized carbons (Fsp3) is 0.455. The SMILES string of the molecule is COCC(C)(C)NC(=O)Nc1sccc1C(=O)O. The van der Waals surface area contributed by atoms with E-state index in [-0.39, 0.29) is 5.56 Å². The molecule has 1 heterocycles. The lowest BCUT2D eigenvalue weighted by Crippen LogP contribution is -2.48. The summed E-state index contributed by atoms with van der Waals surface area (Å²) in [6.45, 7) is 3.97. The van der Waals surface area contributed by atoms with Crippen LogP contribution in [0.2, 0.25) is 0 Å². The van der Waals surface area contributed by atoms with Crippen LogP contribution in [0.15, 0.2) is 11.4 Å². The Morgan fingerprint density at radius 3 is 2.72 bits per heavy atom. The third-order valence-electron chi connectivity index (χ3n) is 2.08. The van der Waals surface area contributed by atoms with Crippen LogP contribution in [0.5, 0.6) is 0 Å². The van der Waals surface area contributed by atoms with E-state index in [1.165, 1.54) is 6.07 Å². The number of carbonyl (C=O) groups excluding carboxylic acids is 1. The quantitative estimate of drug-likeness (QED) is 0.765. The Bertz CT molecular complexity index is 442. The lowest BCUT2D eigenvalue weighted by atomic mass is 10.1. The minimum atomic E-state index is -1.07. The van der Waals surface area contributed by atoms with Crippen LogP contribution in [0, 0.1) is 0 Å². The molecule has 0 saturated heterocycles. The van der Waals surface area contributed by atoms with Crippen LogP contribution in [-0.2, 0) is 4.74 Å². The van der Waals surface area contributed by atoms with Gasteiger partial charge in [0.1, 0.15) is 5.00 Å². The van der Waals surface area contributed by atoms with Crippen molar-refractivity contribution in [2.75, 3.05) is 19.0 Å². The average molecular weight is 272 g/mol. The number of ether oxygens (including phenoxy) is 1. The summed E-state index contributed by atoms with van der Waals surface area (Å²) in [5.74, 6) is -1.07. The number of hydrogen-bond donors (Lipinski definition) is 3. The smallest absolute Gasteiger partial charge is 0.338 e. The van der Waals surface area contributed by atoms with Gasteiger partial charge in [0.15, 0.2) is 0 Å². The van der Waals surface area contributed by atoms with E-state index >= 15 is 0 Å². The van der Waals surface area contributed by atoms with Crippen LogP contribution in [0.3, 0.4) is 0 Å². The number of carbonyl (C=O) groups is 2. The Kier molecular flexibility index (Phi) is 4.69. The van der Waals surface area contributed by atoms with E-state index in [0.717, 1.165) is 11.3 Å². The maximum Gasteiger partial charge on any atom is 0.338 e. The molecule has 0 aliphatic rings. The summed E-state index contributed by atoms with van der Waals surface area (Å²) < 4.78 is 4.97. The van der Waals surface area contributed by atoms with Crippen LogP contribution < -0.4 is 10.6 Å². The molecule has 0 aromatic carbocycles. The summed E-state index contributed by atoms with van der Waals surface area (Å²) in [4.78, 5) is 22.6. The fourth-order valence-electron chi connectivity index (χ4n) is 1.41. The molecule has 1 rings (SSSR count). The van der Waals surface area contributed by atoms with Gasteiger partial charge in [0.25, 0.3) is 0 Å². The first-order chi connectivity index (χ1) is 8.35. The Hall–Kier alpha value is -1.60. The molecule has 1 aromatic rings. The van der Waals surface area contributed by atoms with Crippen molar-refractivity contribution in [1.29, 1.82) is 0 Å². The van der Waals surface area contributed by atoms with Crippen molar-refractivity contribution in [3.05, 3.63) is 17.0 Å². The zero-order chi connectivity index (χ0) is 13.8. The maximum absolute atomic E-state index is 11.7. The predicted octanol–water partition coefficient (Wildman–Crippen LogP) is 1.99. The molecule has 0 spiro atoms. The zero-order valence-electron chi connectivity index (χ0n) is 10.4. The highest BCUT2D eigenvalue weighted by molar-refractivity contribution is 7.14. The lowest BCUT2D eigenvalue weighted by Gasteiger charge is -2.25. The van der Waals surface area contributed by atoms with E-state index in [1.54, 1.807) is 12.5 Å². The average Bonchev–Trinajstić information content (AvgIpc) is 2.64. The summed E-state index contributed by atoms with van der Waals surface area (Å²) in [6.07, 6.45) is 0. The lowest BCUT2D eigenvalue weighted by molar-refractivity contribution is 0.0698. The van der Waals surface area contributed by atoms with Crippen LogP contribution in [0.1, 0.15) is 24.2 Å². The van der Waals surface area contributed by atoms with Crippen molar-refractivity contribution in [1.82, 2.24) is 5.32 Å². The number of methoxy groups -OCH3 is 1. The zero-order valence-corrected chi connectivity index (χ0v) is 11.3. The number of anilines is 1. The van der Waals surface area contributed by atoms with Crippen LogP contribution in [0.25, 0.3) is 0 Å². The molecule has 0 radical (unpaired) electrons. The number of nitrogens with one attached hydrogen (secondary N) is 2. The van der Waals surface area contributed by atoms with Gasteiger partial charge >= 0.3 is 12.0 Å². The number of thiophene rings is 1. The van der Waals surface area contributed by atoms with Gasteiger partial charge in [-0.05, 0) is 25.3 Å². The third kappa shape index (κ3) is 4.01. The van der Waals surface area contributed by atoms with Crippen molar-refractivity contribution < 1.29 is 19.4 Å². The van der Waals surface area contributed by atoms with Crippen LogP contribution in [-0.4, -0.2) is 36.4 Å². The van der Waals surface area contributed by atoms with E-state index in [0.29, 0.717) is 11.6 Å². The Morgan fingerprint density at radius 1 is 1.50 bits per heavy atom. The molecule has 0 saturated carbocycles. The molecule has 0 fully saturated rings. The molecule has 3 N–H and O–H groups in total. The van der Waals surface area contributed by atoms with Gasteiger partial charge in [0.05, 0.1) is 17.7 Å². The molecule has 0 unspecified atom stereocenters. The van der Waals surface area contributed by atoms with Crippen molar-refractivity contribution >= 4 is 28.3 Å². The van der Waals surface area contributed by atoms with Gasteiger partial charge in [-0.25, -0.2) is 9.59 Å². The Labute approximate surface area is 109 Å². The highest BCUT2D eigenvalue weighted by Gasteiger charge is 2.21. The number of rotatable bonds is 5. The molecule has 0 aliphatic heterocycles. The van der Waals surface area contributed by atoms with E-state index in [2.05, 4.69) is 10.6 Å². The molecule has 6 nitrogen and oxygen atoms in total. The molecule has 2 amide bonds. The fourth-order valence-corrected chi connectivity index (χ4v) is 2.19. The number of hydrogen-bond acceptors (Lipinski definition) is 4. The van der Waals surface area contributed by atoms with Crippen molar-refractivity contribution in [2.24, 2.45) is 0 Å². The van der Waals surface area contributed by atoms with Crippen molar-refractivity contribution in [3.63, 3.8) is 0 Å². The Balaban J connectivity index is 2.65. The van der Waals surface area contributed by atoms with Crippen molar-refractivity contribution in [3.8, 4) is 0 Å². The number of urea groups is 1. The first-order valence-corrected chi connectivity index (χ1v) is 6.12. The topological polar surface area (TPSA) is 87.7 Å². The molecule has 0 aliphatic carbocycles. The molecule has 1 aromatic heterocycles. The van der Waals surface area contributed by atoms with Gasteiger partial charge in [0.2, 0.25) is 0 Å². The molecule has 7 heteroatoms. The third-order valence-corrected chi connectivity index (χ3v) is 2.91. The minimum Gasteiger partial charge on any atom is -0.478 e. The standard InChI is InChI=1S/C11H16N2O4S/c1-11(2,6-17-3)13-10(16)12-8-7(9(14)15)4-5-18-8/h4-5H,6H2,1-3H3,(H,14,15)(H2,12,13,16). The van der Waals surface area contributed by atoms with Gasteiger partial charge in [-0.1, -0.05) is 0 Å².